The number of aromatic carboxylic acids is 1. The average molecular weight is 273 g/mol. The number of fused-ring (bicyclic) bond motifs is 1. The van der Waals surface area contributed by atoms with Crippen molar-refractivity contribution < 1.29 is 23.4 Å². The number of pyridine rings is 1. The maximum Gasteiger partial charge on any atom is 0.339 e. The molecular formula is C14H8FNO4. The van der Waals surface area contributed by atoms with Crippen LogP contribution in [0.4, 0.5) is 4.39 Å². The minimum absolute atomic E-state index is 0.112. The molecule has 0 unspecified atom stereocenters. The van der Waals surface area contributed by atoms with Gasteiger partial charge in [-0.25, -0.2) is 14.2 Å². The Balaban J connectivity index is 2.09. The van der Waals surface area contributed by atoms with Crippen LogP contribution >= 0.6 is 0 Å². The van der Waals surface area contributed by atoms with E-state index in [2.05, 4.69) is 4.98 Å². The lowest BCUT2D eigenvalue weighted by Crippen LogP contribution is -2.01. The highest BCUT2D eigenvalue weighted by molar-refractivity contribution is 5.91. The van der Waals surface area contributed by atoms with Crippen molar-refractivity contribution in [2.24, 2.45) is 0 Å². The van der Waals surface area contributed by atoms with Crippen LogP contribution in [0.3, 0.4) is 0 Å². The van der Waals surface area contributed by atoms with Crippen LogP contribution in [0, 0.1) is 5.82 Å². The standard InChI is InChI=1S/C14H8FNO4/c15-8-1-2-10(14(17)18)12(7-8)20-13-9-4-6-19-11(9)3-5-16-13/h1-7H,(H,17,18). The number of halogens is 1. The number of ether oxygens (including phenoxy) is 1. The van der Waals surface area contributed by atoms with Gasteiger partial charge in [-0.3, -0.25) is 0 Å². The summed E-state index contributed by atoms with van der Waals surface area (Å²) in [5.74, 6) is -1.76. The molecule has 1 aromatic carbocycles. The Morgan fingerprint density at radius 1 is 1.30 bits per heavy atom. The van der Waals surface area contributed by atoms with Crippen molar-refractivity contribution in [2.75, 3.05) is 0 Å². The summed E-state index contributed by atoms with van der Waals surface area (Å²) in [5, 5.41) is 9.64. The number of carbonyl (C=O) groups is 1. The van der Waals surface area contributed by atoms with E-state index in [1.165, 1.54) is 12.5 Å². The van der Waals surface area contributed by atoms with Gasteiger partial charge in [-0.2, -0.15) is 0 Å². The molecule has 1 N–H and O–H groups in total. The van der Waals surface area contributed by atoms with E-state index in [4.69, 9.17) is 14.3 Å². The molecular weight excluding hydrogens is 265 g/mol. The third kappa shape index (κ3) is 2.07. The van der Waals surface area contributed by atoms with Crippen LogP contribution in [0.5, 0.6) is 11.6 Å². The third-order valence-corrected chi connectivity index (χ3v) is 2.72. The number of carboxylic acids is 1. The average Bonchev–Trinajstić information content (AvgIpc) is 2.88. The molecule has 0 fully saturated rings. The van der Waals surface area contributed by atoms with Crippen LogP contribution in [0.15, 0.2) is 47.2 Å². The topological polar surface area (TPSA) is 72.6 Å². The molecule has 0 aliphatic heterocycles. The highest BCUT2D eigenvalue weighted by Crippen LogP contribution is 2.30. The zero-order chi connectivity index (χ0) is 14.1. The quantitative estimate of drug-likeness (QED) is 0.791. The van der Waals surface area contributed by atoms with Gasteiger partial charge in [0.15, 0.2) is 0 Å². The number of hydrogen-bond acceptors (Lipinski definition) is 4. The van der Waals surface area contributed by atoms with Crippen molar-refractivity contribution in [2.45, 2.75) is 0 Å². The fourth-order valence-electron chi connectivity index (χ4n) is 1.81. The molecule has 0 atom stereocenters. The zero-order valence-corrected chi connectivity index (χ0v) is 10.0. The number of furan rings is 1. The fourth-order valence-corrected chi connectivity index (χ4v) is 1.81. The second-order valence-electron chi connectivity index (χ2n) is 4.00. The molecule has 5 nitrogen and oxygen atoms in total. The molecule has 2 aromatic heterocycles. The van der Waals surface area contributed by atoms with Crippen LogP contribution in [-0.2, 0) is 0 Å². The van der Waals surface area contributed by atoms with Crippen molar-refractivity contribution >= 4 is 16.9 Å². The Bertz CT molecular complexity index is 797. The van der Waals surface area contributed by atoms with Crippen LogP contribution in [0.25, 0.3) is 11.0 Å². The Morgan fingerprint density at radius 3 is 2.95 bits per heavy atom. The summed E-state index contributed by atoms with van der Waals surface area (Å²) in [4.78, 5) is 15.1. The molecule has 6 heteroatoms. The first-order chi connectivity index (χ1) is 9.65. The van der Waals surface area contributed by atoms with E-state index in [1.54, 1.807) is 12.1 Å². The van der Waals surface area contributed by atoms with Crippen molar-refractivity contribution in [1.82, 2.24) is 4.98 Å². The number of aromatic nitrogens is 1. The van der Waals surface area contributed by atoms with Gasteiger partial charge >= 0.3 is 5.97 Å². The normalized spacial score (nSPS) is 10.7. The fraction of sp³-hybridized carbons (Fsp3) is 0. The van der Waals surface area contributed by atoms with Crippen LogP contribution < -0.4 is 4.74 Å². The van der Waals surface area contributed by atoms with Gasteiger partial charge in [-0.05, 0) is 24.3 Å². The lowest BCUT2D eigenvalue weighted by atomic mass is 10.2. The summed E-state index contributed by atoms with van der Waals surface area (Å²) in [6.07, 6.45) is 2.92. The molecule has 0 saturated heterocycles. The largest absolute Gasteiger partial charge is 0.478 e. The molecule has 0 saturated carbocycles. The summed E-state index contributed by atoms with van der Waals surface area (Å²) in [5.41, 5.74) is 0.400. The molecule has 100 valence electrons. The number of benzene rings is 1. The van der Waals surface area contributed by atoms with Crippen LogP contribution in [0.1, 0.15) is 10.4 Å². The Morgan fingerprint density at radius 2 is 2.15 bits per heavy atom. The van der Waals surface area contributed by atoms with Gasteiger partial charge in [-0.15, -0.1) is 0 Å². The molecule has 0 bridgehead atoms. The van der Waals surface area contributed by atoms with Crippen molar-refractivity contribution in [3.63, 3.8) is 0 Å². The van der Waals surface area contributed by atoms with E-state index in [-0.39, 0.29) is 17.2 Å². The lowest BCUT2D eigenvalue weighted by molar-refractivity contribution is 0.0694. The highest BCUT2D eigenvalue weighted by Gasteiger charge is 2.15. The first-order valence-electron chi connectivity index (χ1n) is 5.68. The van der Waals surface area contributed by atoms with E-state index < -0.39 is 11.8 Å². The van der Waals surface area contributed by atoms with Gasteiger partial charge in [0.2, 0.25) is 5.88 Å². The first-order valence-corrected chi connectivity index (χ1v) is 5.68. The predicted octanol–water partition coefficient (Wildman–Crippen LogP) is 3.46. The number of rotatable bonds is 3. The molecule has 3 aromatic rings. The molecule has 0 spiro atoms. The number of hydrogen-bond donors (Lipinski definition) is 1. The second kappa shape index (κ2) is 4.65. The third-order valence-electron chi connectivity index (χ3n) is 2.72. The van der Waals surface area contributed by atoms with E-state index in [1.807, 2.05) is 0 Å². The minimum Gasteiger partial charge on any atom is -0.478 e. The molecule has 0 amide bonds. The van der Waals surface area contributed by atoms with Crippen LogP contribution in [-0.4, -0.2) is 16.1 Å². The summed E-state index contributed by atoms with van der Waals surface area (Å²) in [7, 11) is 0. The van der Waals surface area contributed by atoms with Gasteiger partial charge in [0, 0.05) is 12.3 Å². The lowest BCUT2D eigenvalue weighted by Gasteiger charge is -2.08. The number of nitrogens with zero attached hydrogens (tertiary/aromatic N) is 1. The highest BCUT2D eigenvalue weighted by atomic mass is 19.1. The van der Waals surface area contributed by atoms with Crippen LogP contribution in [0.2, 0.25) is 0 Å². The van der Waals surface area contributed by atoms with E-state index in [9.17, 15) is 9.18 Å². The molecule has 0 aliphatic carbocycles. The first kappa shape index (κ1) is 12.2. The van der Waals surface area contributed by atoms with Gasteiger partial charge in [0.1, 0.15) is 22.7 Å². The Hall–Kier alpha value is -2.89. The second-order valence-corrected chi connectivity index (χ2v) is 4.00. The smallest absolute Gasteiger partial charge is 0.339 e. The maximum absolute atomic E-state index is 13.3. The van der Waals surface area contributed by atoms with E-state index in [0.29, 0.717) is 11.0 Å². The van der Waals surface area contributed by atoms with E-state index in [0.717, 1.165) is 18.2 Å². The molecule has 3 rings (SSSR count). The van der Waals surface area contributed by atoms with Crippen molar-refractivity contribution in [1.29, 1.82) is 0 Å². The monoisotopic (exact) mass is 273 g/mol. The van der Waals surface area contributed by atoms with Gasteiger partial charge in [0.05, 0.1) is 11.6 Å². The van der Waals surface area contributed by atoms with Crippen molar-refractivity contribution in [3.8, 4) is 11.6 Å². The molecule has 0 aliphatic rings. The molecule has 2 heterocycles. The maximum atomic E-state index is 13.3. The molecule has 20 heavy (non-hydrogen) atoms. The van der Waals surface area contributed by atoms with Crippen molar-refractivity contribution in [3.05, 3.63) is 54.2 Å². The Labute approximate surface area is 112 Å². The van der Waals surface area contributed by atoms with Gasteiger partial charge in [-0.1, -0.05) is 0 Å². The summed E-state index contributed by atoms with van der Waals surface area (Å²) >= 11 is 0. The summed E-state index contributed by atoms with van der Waals surface area (Å²) < 4.78 is 23.9. The Kier molecular flexibility index (Phi) is 2.83. The summed E-state index contributed by atoms with van der Waals surface area (Å²) in [6.45, 7) is 0. The minimum atomic E-state index is -1.21. The zero-order valence-electron chi connectivity index (χ0n) is 10.0. The predicted molar refractivity (Wildman–Crippen MR) is 67.4 cm³/mol. The van der Waals surface area contributed by atoms with E-state index >= 15 is 0 Å². The number of carboxylic acid groups (broad SMARTS) is 1. The van der Waals surface area contributed by atoms with Gasteiger partial charge < -0.3 is 14.3 Å². The molecule has 0 radical (unpaired) electrons. The SMILES string of the molecule is O=C(O)c1ccc(F)cc1Oc1nccc2occc12. The van der Waals surface area contributed by atoms with Gasteiger partial charge in [0.25, 0.3) is 0 Å². The summed E-state index contributed by atoms with van der Waals surface area (Å²) in [6, 6.07) is 6.48.